The summed E-state index contributed by atoms with van der Waals surface area (Å²) in [6, 6.07) is 39.2. The lowest BCUT2D eigenvalue weighted by atomic mass is 9.82. The molecule has 0 atom stereocenters. The first kappa shape index (κ1) is 28.3. The lowest BCUT2D eigenvalue weighted by Crippen LogP contribution is -2.36. The molecule has 0 radical (unpaired) electrons. The van der Waals surface area contributed by atoms with Crippen LogP contribution in [-0.4, -0.2) is 32.0 Å². The zero-order valence-electron chi connectivity index (χ0n) is 21.6. The van der Waals surface area contributed by atoms with Gasteiger partial charge in [0.1, 0.15) is 0 Å². The van der Waals surface area contributed by atoms with Crippen LogP contribution in [0, 0.1) is 0 Å². The molecule has 194 valence electrons. The second-order valence-electron chi connectivity index (χ2n) is 9.68. The fraction of sp³-hybridized carbons (Fsp3) is 0.273. The molecule has 4 N–H and O–H groups in total. The lowest BCUT2D eigenvalue weighted by Gasteiger charge is -2.32. The van der Waals surface area contributed by atoms with Crippen molar-refractivity contribution < 1.29 is 20.4 Å². The van der Waals surface area contributed by atoms with Crippen molar-refractivity contribution in [2.75, 3.05) is 0 Å². The van der Waals surface area contributed by atoms with E-state index >= 15 is 0 Å². The van der Waals surface area contributed by atoms with Crippen LogP contribution in [0.5, 0.6) is 0 Å². The van der Waals surface area contributed by atoms with E-state index < -0.39 is 17.5 Å². The van der Waals surface area contributed by atoms with E-state index in [4.69, 9.17) is 0 Å². The maximum absolute atomic E-state index is 10.4. The molecule has 0 bridgehead atoms. The Morgan fingerprint density at radius 3 is 1.16 bits per heavy atom. The molecular weight excluding hydrogens is 460 g/mol. The minimum Gasteiger partial charge on any atom is -0.366 e. The van der Waals surface area contributed by atoms with Gasteiger partial charge in [0.2, 0.25) is 0 Å². The van der Waals surface area contributed by atoms with Gasteiger partial charge in [-0.05, 0) is 29.2 Å². The zero-order valence-corrected chi connectivity index (χ0v) is 21.6. The van der Waals surface area contributed by atoms with Crippen LogP contribution in [0.4, 0.5) is 0 Å². The van der Waals surface area contributed by atoms with Gasteiger partial charge in [0.25, 0.3) is 0 Å². The molecule has 0 saturated heterocycles. The maximum atomic E-state index is 10.4. The van der Waals surface area contributed by atoms with Crippen molar-refractivity contribution in [2.45, 2.75) is 56.5 Å². The van der Waals surface area contributed by atoms with Gasteiger partial charge in [0, 0.05) is 18.8 Å². The SMILES string of the molecule is CC(O)(O)CC(c1ccccc1)c1ccccc1.CCCC(O)(O)C(c1ccccc1)c1ccccc1. The Hall–Kier alpha value is -3.28. The Morgan fingerprint density at radius 2 is 0.865 bits per heavy atom. The number of hydrogen-bond donors (Lipinski definition) is 4. The lowest BCUT2D eigenvalue weighted by molar-refractivity contribution is -0.176. The van der Waals surface area contributed by atoms with Crippen LogP contribution in [0.15, 0.2) is 121 Å². The Labute approximate surface area is 220 Å². The van der Waals surface area contributed by atoms with Crippen LogP contribution < -0.4 is 0 Å². The summed E-state index contributed by atoms with van der Waals surface area (Å²) in [5.74, 6) is -3.82. The Kier molecular flexibility index (Phi) is 10.2. The molecule has 4 nitrogen and oxygen atoms in total. The van der Waals surface area contributed by atoms with E-state index in [0.29, 0.717) is 6.42 Å². The summed E-state index contributed by atoms with van der Waals surface area (Å²) in [6.45, 7) is 3.38. The molecule has 0 amide bonds. The number of benzene rings is 4. The van der Waals surface area contributed by atoms with E-state index in [1.807, 2.05) is 128 Å². The number of hydrogen-bond acceptors (Lipinski definition) is 4. The van der Waals surface area contributed by atoms with E-state index in [0.717, 1.165) is 28.7 Å². The summed E-state index contributed by atoms with van der Waals surface area (Å²) in [5.41, 5.74) is 4.04. The van der Waals surface area contributed by atoms with Gasteiger partial charge in [-0.3, -0.25) is 0 Å². The topological polar surface area (TPSA) is 80.9 Å². The van der Waals surface area contributed by atoms with Crippen LogP contribution in [0.1, 0.15) is 67.2 Å². The van der Waals surface area contributed by atoms with Crippen LogP contribution in [0.25, 0.3) is 0 Å². The number of aliphatic hydroxyl groups is 4. The molecule has 4 aromatic rings. The summed E-state index contributed by atoms with van der Waals surface area (Å²) in [6.07, 6.45) is 1.35. The van der Waals surface area contributed by atoms with Gasteiger partial charge in [-0.15, -0.1) is 0 Å². The fourth-order valence-electron chi connectivity index (χ4n) is 4.72. The second kappa shape index (κ2) is 13.3. The molecule has 0 aliphatic carbocycles. The van der Waals surface area contributed by atoms with Gasteiger partial charge in [-0.1, -0.05) is 135 Å². The van der Waals surface area contributed by atoms with Gasteiger partial charge in [0.15, 0.2) is 11.6 Å². The molecule has 4 aromatic carbocycles. The van der Waals surface area contributed by atoms with Crippen molar-refractivity contribution >= 4 is 0 Å². The molecule has 0 unspecified atom stereocenters. The molecule has 0 spiro atoms. The van der Waals surface area contributed by atoms with Crippen molar-refractivity contribution in [2.24, 2.45) is 0 Å². The molecule has 0 fully saturated rings. The Balaban J connectivity index is 0.000000206. The third kappa shape index (κ3) is 8.66. The standard InChI is InChI=1S/C17H20O2.C16H18O2/c1-2-13-17(18,19)16(14-9-5-3-6-10-14)15-11-7-4-8-12-15;1-16(17,18)12-15(13-8-4-2-5-9-13)14-10-6-3-7-11-14/h3-12,16,18-19H,2,13H2,1H3;2-11,15,17-18H,12H2,1H3. The van der Waals surface area contributed by atoms with Crippen LogP contribution in [0.3, 0.4) is 0 Å². The van der Waals surface area contributed by atoms with Crippen LogP contribution >= 0.6 is 0 Å². The van der Waals surface area contributed by atoms with Crippen LogP contribution in [0.2, 0.25) is 0 Å². The van der Waals surface area contributed by atoms with Gasteiger partial charge in [0.05, 0.1) is 5.92 Å². The van der Waals surface area contributed by atoms with Crippen molar-refractivity contribution in [1.82, 2.24) is 0 Å². The predicted molar refractivity (Wildman–Crippen MR) is 149 cm³/mol. The molecule has 0 heterocycles. The Bertz CT molecular complexity index is 1080. The smallest absolute Gasteiger partial charge is 0.173 e. The number of rotatable bonds is 9. The van der Waals surface area contributed by atoms with Gasteiger partial charge < -0.3 is 20.4 Å². The fourth-order valence-corrected chi connectivity index (χ4v) is 4.72. The van der Waals surface area contributed by atoms with Crippen molar-refractivity contribution in [3.05, 3.63) is 144 Å². The monoisotopic (exact) mass is 498 g/mol. The summed E-state index contributed by atoms with van der Waals surface area (Å²) in [7, 11) is 0. The molecule has 4 rings (SSSR count). The summed E-state index contributed by atoms with van der Waals surface area (Å²) < 4.78 is 0. The first-order valence-electron chi connectivity index (χ1n) is 12.8. The summed E-state index contributed by atoms with van der Waals surface area (Å²) in [5, 5.41) is 40.2. The van der Waals surface area contributed by atoms with E-state index in [-0.39, 0.29) is 12.3 Å². The quantitative estimate of drug-likeness (QED) is 0.207. The highest BCUT2D eigenvalue weighted by Crippen LogP contribution is 2.36. The first-order valence-corrected chi connectivity index (χ1v) is 12.8. The molecule has 0 aliphatic rings. The minimum atomic E-state index is -1.72. The average molecular weight is 499 g/mol. The average Bonchev–Trinajstić information content (AvgIpc) is 2.89. The van der Waals surface area contributed by atoms with E-state index in [9.17, 15) is 20.4 Å². The Morgan fingerprint density at radius 1 is 0.541 bits per heavy atom. The normalized spacial score (nSPS) is 11.8. The molecule has 0 aromatic heterocycles. The molecule has 4 heteroatoms. The third-order valence-corrected chi connectivity index (χ3v) is 6.34. The summed E-state index contributed by atoms with van der Waals surface area (Å²) >= 11 is 0. The minimum absolute atomic E-state index is 0.00704. The van der Waals surface area contributed by atoms with Crippen molar-refractivity contribution in [3.8, 4) is 0 Å². The van der Waals surface area contributed by atoms with Crippen molar-refractivity contribution in [3.63, 3.8) is 0 Å². The van der Waals surface area contributed by atoms with E-state index in [1.165, 1.54) is 6.92 Å². The van der Waals surface area contributed by atoms with Gasteiger partial charge >= 0.3 is 0 Å². The van der Waals surface area contributed by atoms with Gasteiger partial charge in [-0.2, -0.15) is 0 Å². The molecule has 0 saturated carbocycles. The van der Waals surface area contributed by atoms with Gasteiger partial charge in [-0.25, -0.2) is 0 Å². The largest absolute Gasteiger partial charge is 0.366 e. The highest BCUT2D eigenvalue weighted by Gasteiger charge is 2.35. The predicted octanol–water partition coefficient (Wildman–Crippen LogP) is 6.21. The van der Waals surface area contributed by atoms with E-state index in [1.54, 1.807) is 0 Å². The second-order valence-corrected chi connectivity index (χ2v) is 9.68. The third-order valence-electron chi connectivity index (χ3n) is 6.34. The van der Waals surface area contributed by atoms with Crippen LogP contribution in [-0.2, 0) is 0 Å². The molecule has 0 aliphatic heterocycles. The highest BCUT2D eigenvalue weighted by atomic mass is 16.5. The summed E-state index contributed by atoms with van der Waals surface area (Å²) in [4.78, 5) is 0. The zero-order chi connectivity index (χ0) is 26.7. The highest BCUT2D eigenvalue weighted by molar-refractivity contribution is 5.35. The van der Waals surface area contributed by atoms with E-state index in [2.05, 4.69) is 0 Å². The first-order chi connectivity index (χ1) is 17.7. The molecular formula is C33H38O4. The van der Waals surface area contributed by atoms with Crippen molar-refractivity contribution in [1.29, 1.82) is 0 Å². The maximum Gasteiger partial charge on any atom is 0.173 e. The molecule has 37 heavy (non-hydrogen) atoms.